The number of allylic oxidation sites excluding steroid dienone is 2. The summed E-state index contributed by atoms with van der Waals surface area (Å²) in [5, 5.41) is 10.0. The van der Waals surface area contributed by atoms with Gasteiger partial charge in [-0.2, -0.15) is 0 Å². The average molecular weight is 204 g/mol. The van der Waals surface area contributed by atoms with Crippen LogP contribution in [-0.4, -0.2) is 27.0 Å². The van der Waals surface area contributed by atoms with Crippen molar-refractivity contribution in [1.29, 1.82) is 0 Å². The second kappa shape index (κ2) is 3.74. The second-order valence-corrected chi connectivity index (χ2v) is 2.72. The number of amides is 1. The third-order valence-corrected chi connectivity index (χ3v) is 1.75. The number of carbonyl (C=O) groups is 1. The second-order valence-electron chi connectivity index (χ2n) is 2.72. The van der Waals surface area contributed by atoms with Crippen molar-refractivity contribution in [3.8, 4) is 0 Å². The van der Waals surface area contributed by atoms with E-state index in [1.165, 1.54) is 17.2 Å². The Morgan fingerprint density at radius 2 is 2.40 bits per heavy atom. The van der Waals surface area contributed by atoms with Gasteiger partial charge in [0.1, 0.15) is 6.33 Å². The molecule has 1 aromatic rings. The molecule has 7 heteroatoms. The first kappa shape index (κ1) is 9.13. The van der Waals surface area contributed by atoms with Gasteiger partial charge in [-0.3, -0.25) is 9.36 Å². The molecule has 2 heterocycles. The molecule has 1 aliphatic rings. The van der Waals surface area contributed by atoms with Gasteiger partial charge in [0.05, 0.1) is 18.2 Å². The molecule has 0 saturated carbocycles. The lowest BCUT2D eigenvalue weighted by Gasteiger charge is -2.02. The molecule has 15 heavy (non-hydrogen) atoms. The minimum Gasteiger partial charge on any atom is -0.363 e. The maximum Gasteiger partial charge on any atom is 0.287 e. The van der Waals surface area contributed by atoms with E-state index in [-0.39, 0.29) is 5.82 Å². The molecular weight excluding hydrogens is 196 g/mol. The number of nitrogens with one attached hydrogen (secondary N) is 1. The highest BCUT2D eigenvalue weighted by Gasteiger charge is 2.12. The normalized spacial score (nSPS) is 14.3. The van der Waals surface area contributed by atoms with Gasteiger partial charge in [0.2, 0.25) is 5.82 Å². The lowest BCUT2D eigenvalue weighted by molar-refractivity contribution is 0.0989. The number of hydrogen-bond acceptors (Lipinski definition) is 5. The van der Waals surface area contributed by atoms with Crippen molar-refractivity contribution in [2.24, 2.45) is 10.7 Å². The van der Waals surface area contributed by atoms with Gasteiger partial charge in [-0.1, -0.05) is 0 Å². The molecule has 0 unspecified atom stereocenters. The number of nitrogens with zero attached hydrogens (tertiary/aromatic N) is 4. The molecule has 0 atom stereocenters. The zero-order chi connectivity index (χ0) is 10.7. The number of aliphatic imine (C=N–C) groups is 1. The first-order valence-electron chi connectivity index (χ1n) is 4.13. The first-order chi connectivity index (χ1) is 7.29. The molecule has 1 aliphatic heterocycles. The zero-order valence-electron chi connectivity index (χ0n) is 7.66. The highest BCUT2D eigenvalue weighted by molar-refractivity contribution is 5.90. The third-order valence-electron chi connectivity index (χ3n) is 1.75. The van der Waals surface area contributed by atoms with Gasteiger partial charge in [-0.05, 0) is 6.08 Å². The quantitative estimate of drug-likeness (QED) is 0.666. The van der Waals surface area contributed by atoms with Crippen molar-refractivity contribution in [2.75, 3.05) is 0 Å². The summed E-state index contributed by atoms with van der Waals surface area (Å²) >= 11 is 0. The fourth-order valence-corrected chi connectivity index (χ4v) is 1.11. The van der Waals surface area contributed by atoms with E-state index < -0.39 is 5.91 Å². The van der Waals surface area contributed by atoms with E-state index in [1.54, 1.807) is 18.5 Å². The molecule has 0 fully saturated rings. The van der Waals surface area contributed by atoms with Crippen LogP contribution in [0.3, 0.4) is 0 Å². The lowest BCUT2D eigenvalue weighted by Crippen LogP contribution is -2.17. The predicted molar refractivity (Wildman–Crippen MR) is 53.6 cm³/mol. The minimum absolute atomic E-state index is 0.0722. The number of nitrogens with two attached hydrogens (primary N) is 1. The Morgan fingerprint density at radius 3 is 3.20 bits per heavy atom. The topological polar surface area (TPSA) is 98.2 Å². The Morgan fingerprint density at radius 1 is 1.53 bits per heavy atom. The maximum atomic E-state index is 11.0. The van der Waals surface area contributed by atoms with E-state index in [0.717, 1.165) is 0 Å². The zero-order valence-corrected chi connectivity index (χ0v) is 7.66. The number of carbonyl (C=O) groups excluding carboxylic acids is 1. The van der Waals surface area contributed by atoms with Crippen LogP contribution in [0.25, 0.3) is 5.70 Å². The monoisotopic (exact) mass is 204 g/mol. The van der Waals surface area contributed by atoms with Crippen molar-refractivity contribution >= 4 is 17.9 Å². The molecule has 0 aliphatic carbocycles. The SMILES string of the molecule is NC(=O)c1nncn1C1=CN=CNC=C1. The first-order valence-corrected chi connectivity index (χ1v) is 4.13. The molecule has 1 amide bonds. The van der Waals surface area contributed by atoms with E-state index in [1.807, 2.05) is 0 Å². The Hall–Kier alpha value is -2.44. The van der Waals surface area contributed by atoms with Crippen LogP contribution in [0.15, 0.2) is 29.8 Å². The summed E-state index contributed by atoms with van der Waals surface area (Å²) in [4.78, 5) is 14.9. The van der Waals surface area contributed by atoms with Gasteiger partial charge in [0, 0.05) is 6.20 Å². The van der Waals surface area contributed by atoms with Crippen LogP contribution in [0.5, 0.6) is 0 Å². The number of aromatic nitrogens is 3. The Kier molecular flexibility index (Phi) is 2.28. The standard InChI is InChI=1S/C8H8N6O/c9-7(15)8-13-12-5-14(8)6-1-2-10-4-11-3-6/h1-5H,(H2,9,15)(H,10,11). The van der Waals surface area contributed by atoms with Crippen LogP contribution in [0.1, 0.15) is 10.6 Å². The summed E-state index contributed by atoms with van der Waals surface area (Å²) in [6.07, 6.45) is 7.87. The molecule has 76 valence electrons. The molecule has 3 N–H and O–H groups in total. The van der Waals surface area contributed by atoms with Crippen molar-refractivity contribution in [1.82, 2.24) is 20.1 Å². The van der Waals surface area contributed by atoms with Crippen LogP contribution >= 0.6 is 0 Å². The van der Waals surface area contributed by atoms with Crippen LogP contribution in [0, 0.1) is 0 Å². The van der Waals surface area contributed by atoms with Gasteiger partial charge < -0.3 is 11.1 Å². The Balaban J connectivity index is 2.44. The molecule has 0 radical (unpaired) electrons. The van der Waals surface area contributed by atoms with Gasteiger partial charge in [0.15, 0.2) is 0 Å². The smallest absolute Gasteiger partial charge is 0.287 e. The maximum absolute atomic E-state index is 11.0. The fraction of sp³-hybridized carbons (Fsp3) is 0. The molecule has 2 rings (SSSR count). The number of primary amides is 1. The largest absolute Gasteiger partial charge is 0.363 e. The Bertz CT molecular complexity index is 469. The van der Waals surface area contributed by atoms with Gasteiger partial charge in [0.25, 0.3) is 5.91 Å². The predicted octanol–water partition coefficient (Wildman–Crippen LogP) is -0.679. The van der Waals surface area contributed by atoms with Crippen molar-refractivity contribution in [2.45, 2.75) is 0 Å². The van der Waals surface area contributed by atoms with Crippen molar-refractivity contribution < 1.29 is 4.79 Å². The van der Waals surface area contributed by atoms with Gasteiger partial charge in [-0.15, -0.1) is 10.2 Å². The molecule has 0 bridgehead atoms. The number of rotatable bonds is 2. The van der Waals surface area contributed by atoms with Gasteiger partial charge in [-0.25, -0.2) is 4.99 Å². The van der Waals surface area contributed by atoms with Gasteiger partial charge >= 0.3 is 0 Å². The highest BCUT2D eigenvalue weighted by atomic mass is 16.1. The molecule has 0 spiro atoms. The fourth-order valence-electron chi connectivity index (χ4n) is 1.11. The summed E-state index contributed by atoms with van der Waals surface area (Å²) < 4.78 is 1.46. The average Bonchev–Trinajstić information content (AvgIpc) is 2.55. The van der Waals surface area contributed by atoms with Crippen molar-refractivity contribution in [3.05, 3.63) is 30.6 Å². The summed E-state index contributed by atoms with van der Waals surface area (Å²) in [6.45, 7) is 0. The van der Waals surface area contributed by atoms with Crippen LogP contribution < -0.4 is 11.1 Å². The summed E-state index contributed by atoms with van der Waals surface area (Å²) in [5.74, 6) is -0.564. The summed E-state index contributed by atoms with van der Waals surface area (Å²) in [5.41, 5.74) is 5.79. The van der Waals surface area contributed by atoms with Crippen LogP contribution in [-0.2, 0) is 0 Å². The van der Waals surface area contributed by atoms with Crippen molar-refractivity contribution in [3.63, 3.8) is 0 Å². The molecular formula is C8H8N6O. The third kappa shape index (κ3) is 1.75. The molecule has 7 nitrogen and oxygen atoms in total. The summed E-state index contributed by atoms with van der Waals surface area (Å²) in [7, 11) is 0. The summed E-state index contributed by atoms with van der Waals surface area (Å²) in [6, 6.07) is 0. The molecule has 0 saturated heterocycles. The van der Waals surface area contributed by atoms with E-state index in [0.29, 0.717) is 5.70 Å². The highest BCUT2D eigenvalue weighted by Crippen LogP contribution is 2.09. The van der Waals surface area contributed by atoms with E-state index in [2.05, 4.69) is 20.5 Å². The Labute approximate surface area is 85.0 Å². The van der Waals surface area contributed by atoms with Crippen LogP contribution in [0.4, 0.5) is 0 Å². The minimum atomic E-state index is -0.636. The van der Waals surface area contributed by atoms with Crippen LogP contribution in [0.2, 0.25) is 0 Å². The lowest BCUT2D eigenvalue weighted by atomic mass is 10.4. The molecule has 1 aromatic heterocycles. The number of hydrogen-bond donors (Lipinski definition) is 2. The van der Waals surface area contributed by atoms with E-state index in [4.69, 9.17) is 5.73 Å². The van der Waals surface area contributed by atoms with E-state index >= 15 is 0 Å². The molecule has 0 aromatic carbocycles. The van der Waals surface area contributed by atoms with E-state index in [9.17, 15) is 4.79 Å².